The topological polar surface area (TPSA) is 87.6 Å². The summed E-state index contributed by atoms with van der Waals surface area (Å²) in [6, 6.07) is 15.7. The SMILES string of the molecule is CC(C)c1cc(Nc2nc3cc(Oc4ccnc(NC(=O)CN5CCN(C(C)C)CC5)c4)ccc3n2C)ccc1Cl. The Labute approximate surface area is 246 Å². The molecule has 1 amide bonds. The van der Waals surface area contributed by atoms with Gasteiger partial charge < -0.3 is 19.9 Å². The molecule has 1 fully saturated rings. The molecule has 41 heavy (non-hydrogen) atoms. The lowest BCUT2D eigenvalue weighted by atomic mass is 10.0. The van der Waals surface area contributed by atoms with Crippen molar-refractivity contribution in [2.24, 2.45) is 7.05 Å². The van der Waals surface area contributed by atoms with Crippen LogP contribution in [0.15, 0.2) is 54.7 Å². The molecular formula is C31H38ClN7O2. The lowest BCUT2D eigenvalue weighted by molar-refractivity contribution is -0.117. The van der Waals surface area contributed by atoms with E-state index in [1.54, 1.807) is 18.3 Å². The number of halogens is 1. The first kappa shape index (κ1) is 28.9. The Morgan fingerprint density at radius 1 is 1.00 bits per heavy atom. The Hall–Kier alpha value is -3.66. The number of hydrogen-bond donors (Lipinski definition) is 2. The fourth-order valence-corrected chi connectivity index (χ4v) is 5.39. The molecule has 9 nitrogen and oxygen atoms in total. The van der Waals surface area contributed by atoms with E-state index in [0.29, 0.717) is 41.8 Å². The van der Waals surface area contributed by atoms with Crippen molar-refractivity contribution in [1.82, 2.24) is 24.3 Å². The minimum atomic E-state index is -0.0798. The summed E-state index contributed by atoms with van der Waals surface area (Å²) in [5, 5.41) is 7.08. The largest absolute Gasteiger partial charge is 0.457 e. The number of fused-ring (bicyclic) bond motifs is 1. The van der Waals surface area contributed by atoms with Gasteiger partial charge in [-0.3, -0.25) is 14.6 Å². The lowest BCUT2D eigenvalue weighted by Crippen LogP contribution is -2.50. The van der Waals surface area contributed by atoms with E-state index >= 15 is 0 Å². The number of anilines is 3. The summed E-state index contributed by atoms with van der Waals surface area (Å²) in [5.74, 6) is 2.64. The first-order chi connectivity index (χ1) is 19.7. The Morgan fingerprint density at radius 2 is 1.76 bits per heavy atom. The number of hydrogen-bond acceptors (Lipinski definition) is 7. The fourth-order valence-electron chi connectivity index (χ4n) is 5.05. The zero-order valence-electron chi connectivity index (χ0n) is 24.3. The molecule has 1 aliphatic heterocycles. The zero-order valence-corrected chi connectivity index (χ0v) is 25.1. The van der Waals surface area contributed by atoms with Gasteiger partial charge in [0, 0.05) is 68.3 Å². The standard InChI is InChI=1S/C31H38ClN7O2/c1-20(2)25-16-22(6-8-26(25)32)34-31-35-27-17-23(7-9-28(27)37(31)5)41-24-10-11-33-29(18-24)36-30(40)19-38-12-14-39(15-13-38)21(3)4/h6-11,16-18,20-21H,12-15,19H2,1-5H3,(H,34,35)(H,33,36,40). The van der Waals surface area contributed by atoms with Gasteiger partial charge in [0.25, 0.3) is 0 Å². The molecule has 2 N–H and O–H groups in total. The highest BCUT2D eigenvalue weighted by Gasteiger charge is 2.20. The van der Waals surface area contributed by atoms with E-state index in [0.717, 1.165) is 53.5 Å². The minimum Gasteiger partial charge on any atom is -0.457 e. The zero-order chi connectivity index (χ0) is 29.1. The summed E-state index contributed by atoms with van der Waals surface area (Å²) in [6.07, 6.45) is 1.63. The molecule has 10 heteroatoms. The van der Waals surface area contributed by atoms with E-state index in [1.165, 1.54) is 0 Å². The third-order valence-corrected chi connectivity index (χ3v) is 7.81. The molecule has 0 aliphatic carbocycles. The van der Waals surface area contributed by atoms with E-state index < -0.39 is 0 Å². The maximum absolute atomic E-state index is 12.7. The molecular weight excluding hydrogens is 538 g/mol. The molecule has 3 heterocycles. The monoisotopic (exact) mass is 575 g/mol. The predicted molar refractivity (Wildman–Crippen MR) is 166 cm³/mol. The third kappa shape index (κ3) is 6.98. The number of aromatic nitrogens is 3. The molecule has 5 rings (SSSR count). The van der Waals surface area contributed by atoms with Gasteiger partial charge in [-0.1, -0.05) is 25.4 Å². The van der Waals surface area contributed by atoms with Crippen LogP contribution in [0.4, 0.5) is 17.5 Å². The maximum atomic E-state index is 12.7. The number of carbonyl (C=O) groups is 1. The Morgan fingerprint density at radius 3 is 2.49 bits per heavy atom. The van der Waals surface area contributed by atoms with Crippen LogP contribution in [0.25, 0.3) is 11.0 Å². The number of pyridine rings is 1. The lowest BCUT2D eigenvalue weighted by Gasteiger charge is -2.36. The maximum Gasteiger partial charge on any atom is 0.239 e. The molecule has 0 unspecified atom stereocenters. The van der Waals surface area contributed by atoms with Gasteiger partial charge in [0.05, 0.1) is 17.6 Å². The van der Waals surface area contributed by atoms with Gasteiger partial charge in [-0.15, -0.1) is 0 Å². The number of nitrogens with one attached hydrogen (secondary N) is 2. The van der Waals surface area contributed by atoms with E-state index in [2.05, 4.69) is 59.2 Å². The van der Waals surface area contributed by atoms with Crippen molar-refractivity contribution in [3.05, 3.63) is 65.3 Å². The van der Waals surface area contributed by atoms with E-state index in [1.807, 2.05) is 41.9 Å². The van der Waals surface area contributed by atoms with Crippen LogP contribution in [0.3, 0.4) is 0 Å². The normalized spacial score (nSPS) is 14.6. The van der Waals surface area contributed by atoms with Crippen LogP contribution in [-0.2, 0) is 11.8 Å². The Balaban J connectivity index is 1.23. The molecule has 0 saturated carbocycles. The summed E-state index contributed by atoms with van der Waals surface area (Å²) in [4.78, 5) is 26.4. The highest BCUT2D eigenvalue weighted by atomic mass is 35.5. The molecule has 0 radical (unpaired) electrons. The van der Waals surface area contributed by atoms with Gasteiger partial charge in [0.2, 0.25) is 11.9 Å². The molecule has 1 saturated heterocycles. The summed E-state index contributed by atoms with van der Waals surface area (Å²) < 4.78 is 8.13. The second-order valence-corrected chi connectivity index (χ2v) is 11.5. The summed E-state index contributed by atoms with van der Waals surface area (Å²) in [5.41, 5.74) is 3.78. The number of carbonyl (C=O) groups excluding carboxylic acids is 1. The molecule has 2 aromatic carbocycles. The van der Waals surface area contributed by atoms with Gasteiger partial charge in [-0.05, 0) is 61.7 Å². The first-order valence-corrected chi connectivity index (χ1v) is 14.5. The molecule has 4 aromatic rings. The molecule has 0 atom stereocenters. The van der Waals surface area contributed by atoms with Crippen LogP contribution in [0.5, 0.6) is 11.5 Å². The second kappa shape index (κ2) is 12.5. The second-order valence-electron chi connectivity index (χ2n) is 11.1. The van der Waals surface area contributed by atoms with Gasteiger partial charge >= 0.3 is 0 Å². The fraction of sp³-hybridized carbons (Fsp3) is 0.387. The van der Waals surface area contributed by atoms with Crippen molar-refractivity contribution >= 4 is 46.0 Å². The highest BCUT2D eigenvalue weighted by molar-refractivity contribution is 6.31. The average molecular weight is 576 g/mol. The smallest absolute Gasteiger partial charge is 0.239 e. The first-order valence-electron chi connectivity index (χ1n) is 14.1. The quantitative estimate of drug-likeness (QED) is 0.244. The van der Waals surface area contributed by atoms with Crippen LogP contribution >= 0.6 is 11.6 Å². The molecule has 2 aromatic heterocycles. The number of aryl methyl sites for hydroxylation is 1. The molecule has 1 aliphatic rings. The minimum absolute atomic E-state index is 0.0798. The number of piperazine rings is 1. The van der Waals surface area contributed by atoms with Crippen LogP contribution in [0.1, 0.15) is 39.2 Å². The Bertz CT molecular complexity index is 1530. The van der Waals surface area contributed by atoms with Gasteiger partial charge in [0.1, 0.15) is 17.3 Å². The number of nitrogens with zero attached hydrogens (tertiary/aromatic N) is 5. The number of benzene rings is 2. The number of ether oxygens (including phenoxy) is 1. The molecule has 0 bridgehead atoms. The highest BCUT2D eigenvalue weighted by Crippen LogP contribution is 2.31. The van der Waals surface area contributed by atoms with Crippen LogP contribution in [0, 0.1) is 0 Å². The van der Waals surface area contributed by atoms with Gasteiger partial charge in [-0.25, -0.2) is 9.97 Å². The van der Waals surface area contributed by atoms with Crippen molar-refractivity contribution in [3.8, 4) is 11.5 Å². The van der Waals surface area contributed by atoms with Crippen molar-refractivity contribution in [2.75, 3.05) is 43.4 Å². The van der Waals surface area contributed by atoms with E-state index in [4.69, 9.17) is 21.3 Å². The van der Waals surface area contributed by atoms with Crippen molar-refractivity contribution < 1.29 is 9.53 Å². The van der Waals surface area contributed by atoms with Crippen molar-refractivity contribution in [2.45, 2.75) is 39.7 Å². The predicted octanol–water partition coefficient (Wildman–Crippen LogP) is 6.25. The van der Waals surface area contributed by atoms with E-state index in [-0.39, 0.29) is 5.91 Å². The van der Waals surface area contributed by atoms with E-state index in [9.17, 15) is 4.79 Å². The van der Waals surface area contributed by atoms with Gasteiger partial charge in [-0.2, -0.15) is 0 Å². The third-order valence-electron chi connectivity index (χ3n) is 7.47. The number of amides is 1. The van der Waals surface area contributed by atoms with Crippen LogP contribution < -0.4 is 15.4 Å². The average Bonchev–Trinajstić information content (AvgIpc) is 3.24. The summed E-state index contributed by atoms with van der Waals surface area (Å²) in [6.45, 7) is 12.7. The van der Waals surface area contributed by atoms with Crippen LogP contribution in [0.2, 0.25) is 5.02 Å². The van der Waals surface area contributed by atoms with Crippen LogP contribution in [-0.4, -0.2) is 69.0 Å². The van der Waals surface area contributed by atoms with Gasteiger partial charge in [0.15, 0.2) is 0 Å². The van der Waals surface area contributed by atoms with Crippen molar-refractivity contribution in [3.63, 3.8) is 0 Å². The molecule has 216 valence electrons. The Kier molecular flexibility index (Phi) is 8.77. The molecule has 0 spiro atoms. The summed E-state index contributed by atoms with van der Waals surface area (Å²) in [7, 11) is 1.97. The summed E-state index contributed by atoms with van der Waals surface area (Å²) >= 11 is 6.37. The number of rotatable bonds is 9. The number of imidazole rings is 1. The van der Waals surface area contributed by atoms with Crippen molar-refractivity contribution in [1.29, 1.82) is 0 Å².